The van der Waals surface area contributed by atoms with Crippen LogP contribution in [0.25, 0.3) is 10.9 Å². The van der Waals surface area contributed by atoms with Gasteiger partial charge in [-0.25, -0.2) is 0 Å². The second-order valence-electron chi connectivity index (χ2n) is 3.97. The predicted octanol–water partition coefficient (Wildman–Crippen LogP) is 1.81. The van der Waals surface area contributed by atoms with E-state index in [1.165, 1.54) is 7.11 Å². The minimum atomic E-state index is -0.462. The van der Waals surface area contributed by atoms with E-state index >= 15 is 0 Å². The number of carbonyl (C=O) groups excluding carboxylic acids is 1. The minimum absolute atomic E-state index is 0. The van der Waals surface area contributed by atoms with E-state index in [0.717, 1.165) is 22.2 Å². The SMILES string of the molecule is COC(=O)C(CN)c1c[nH]c2ccc(OC)cc12.Cl. The van der Waals surface area contributed by atoms with E-state index in [4.69, 9.17) is 15.2 Å². The van der Waals surface area contributed by atoms with Crippen LogP contribution in [0.15, 0.2) is 24.4 Å². The van der Waals surface area contributed by atoms with E-state index in [1.54, 1.807) is 13.3 Å². The number of esters is 1. The summed E-state index contributed by atoms with van der Waals surface area (Å²) >= 11 is 0. The number of ether oxygens (including phenoxy) is 2. The Balaban J connectivity index is 0.00000180. The van der Waals surface area contributed by atoms with Gasteiger partial charge in [0.2, 0.25) is 0 Å². The first kappa shape index (κ1) is 15.3. The van der Waals surface area contributed by atoms with Gasteiger partial charge in [0, 0.05) is 23.6 Å². The van der Waals surface area contributed by atoms with Crippen molar-refractivity contribution in [1.82, 2.24) is 4.98 Å². The average Bonchev–Trinajstić information content (AvgIpc) is 2.82. The summed E-state index contributed by atoms with van der Waals surface area (Å²) in [6.07, 6.45) is 1.79. The highest BCUT2D eigenvalue weighted by Gasteiger charge is 2.23. The summed E-state index contributed by atoms with van der Waals surface area (Å²) in [6.45, 7) is 0.205. The van der Waals surface area contributed by atoms with Crippen molar-refractivity contribution in [1.29, 1.82) is 0 Å². The van der Waals surface area contributed by atoms with Gasteiger partial charge in [-0.05, 0) is 23.8 Å². The number of fused-ring (bicyclic) bond motifs is 1. The number of nitrogens with one attached hydrogen (secondary N) is 1. The second kappa shape index (κ2) is 6.45. The molecular weight excluding hydrogens is 268 g/mol. The van der Waals surface area contributed by atoms with Crippen molar-refractivity contribution < 1.29 is 14.3 Å². The van der Waals surface area contributed by atoms with Gasteiger partial charge in [0.05, 0.1) is 20.1 Å². The number of H-pyrrole nitrogens is 1. The van der Waals surface area contributed by atoms with Crippen LogP contribution in [0.1, 0.15) is 11.5 Å². The number of aromatic amines is 1. The summed E-state index contributed by atoms with van der Waals surface area (Å²) in [5.41, 5.74) is 7.43. The van der Waals surface area contributed by atoms with Gasteiger partial charge in [0.15, 0.2) is 0 Å². The molecule has 1 aromatic heterocycles. The van der Waals surface area contributed by atoms with Crippen LogP contribution in [0.2, 0.25) is 0 Å². The Labute approximate surface area is 117 Å². The zero-order chi connectivity index (χ0) is 13.1. The first-order valence-corrected chi connectivity index (χ1v) is 5.64. The standard InChI is InChI=1S/C13H16N2O3.ClH/c1-17-8-3-4-12-9(5-8)11(7-15-12)10(6-14)13(16)18-2;/h3-5,7,10,15H,6,14H2,1-2H3;1H. The van der Waals surface area contributed by atoms with Gasteiger partial charge in [-0.3, -0.25) is 4.79 Å². The third-order valence-corrected chi connectivity index (χ3v) is 3.02. The number of nitrogens with two attached hydrogens (primary N) is 1. The largest absolute Gasteiger partial charge is 0.497 e. The van der Waals surface area contributed by atoms with Crippen LogP contribution in [-0.4, -0.2) is 31.7 Å². The van der Waals surface area contributed by atoms with Crippen LogP contribution in [0.5, 0.6) is 5.75 Å². The molecule has 6 heteroatoms. The summed E-state index contributed by atoms with van der Waals surface area (Å²) in [5, 5.41) is 0.926. The van der Waals surface area contributed by atoms with E-state index in [2.05, 4.69) is 4.98 Å². The van der Waals surface area contributed by atoms with E-state index in [1.807, 2.05) is 18.2 Å². The van der Waals surface area contributed by atoms with Crippen LogP contribution >= 0.6 is 12.4 Å². The number of hydrogen-bond acceptors (Lipinski definition) is 4. The number of hydrogen-bond donors (Lipinski definition) is 2. The number of carbonyl (C=O) groups is 1. The van der Waals surface area contributed by atoms with Crippen LogP contribution < -0.4 is 10.5 Å². The lowest BCUT2D eigenvalue weighted by Crippen LogP contribution is -2.22. The Morgan fingerprint density at radius 2 is 2.16 bits per heavy atom. The maximum atomic E-state index is 11.7. The molecule has 104 valence electrons. The summed E-state index contributed by atoms with van der Waals surface area (Å²) in [5.74, 6) is -0.0546. The molecule has 0 fully saturated rings. The maximum Gasteiger partial charge on any atom is 0.314 e. The predicted molar refractivity (Wildman–Crippen MR) is 75.9 cm³/mol. The number of benzene rings is 1. The first-order valence-electron chi connectivity index (χ1n) is 5.64. The lowest BCUT2D eigenvalue weighted by molar-refractivity contribution is -0.142. The van der Waals surface area contributed by atoms with Gasteiger partial charge in [0.1, 0.15) is 5.75 Å². The van der Waals surface area contributed by atoms with Crippen molar-refractivity contribution in [2.45, 2.75) is 5.92 Å². The molecule has 2 rings (SSSR count). The van der Waals surface area contributed by atoms with Crippen LogP contribution in [0.4, 0.5) is 0 Å². The van der Waals surface area contributed by atoms with Crippen LogP contribution in [0, 0.1) is 0 Å². The molecule has 0 saturated heterocycles. The summed E-state index contributed by atoms with van der Waals surface area (Å²) < 4.78 is 9.95. The fraction of sp³-hybridized carbons (Fsp3) is 0.308. The molecular formula is C13H17ClN2O3. The summed E-state index contributed by atoms with van der Waals surface area (Å²) in [6, 6.07) is 5.65. The van der Waals surface area contributed by atoms with Crippen molar-refractivity contribution in [3.63, 3.8) is 0 Å². The molecule has 1 atom stereocenters. The molecule has 3 N–H and O–H groups in total. The smallest absolute Gasteiger partial charge is 0.314 e. The van der Waals surface area contributed by atoms with Crippen molar-refractivity contribution in [3.8, 4) is 5.75 Å². The van der Waals surface area contributed by atoms with Gasteiger partial charge in [-0.15, -0.1) is 12.4 Å². The average molecular weight is 285 g/mol. The van der Waals surface area contributed by atoms with E-state index in [0.29, 0.717) is 0 Å². The molecule has 2 aromatic rings. The molecule has 0 aliphatic rings. The molecule has 0 amide bonds. The number of aromatic nitrogens is 1. The highest BCUT2D eigenvalue weighted by Crippen LogP contribution is 2.29. The molecule has 1 heterocycles. The number of halogens is 1. The fourth-order valence-corrected chi connectivity index (χ4v) is 2.03. The second-order valence-corrected chi connectivity index (χ2v) is 3.97. The van der Waals surface area contributed by atoms with E-state index in [9.17, 15) is 4.79 Å². The molecule has 5 nitrogen and oxygen atoms in total. The van der Waals surface area contributed by atoms with Crippen molar-refractivity contribution in [2.75, 3.05) is 20.8 Å². The molecule has 0 radical (unpaired) electrons. The van der Waals surface area contributed by atoms with Crippen molar-refractivity contribution in [3.05, 3.63) is 30.0 Å². The molecule has 0 aliphatic carbocycles. The number of rotatable bonds is 4. The van der Waals surface area contributed by atoms with Gasteiger partial charge >= 0.3 is 5.97 Å². The van der Waals surface area contributed by atoms with Gasteiger partial charge in [-0.2, -0.15) is 0 Å². The Hall–Kier alpha value is -1.72. The molecule has 0 spiro atoms. The van der Waals surface area contributed by atoms with Crippen molar-refractivity contribution >= 4 is 29.3 Å². The monoisotopic (exact) mass is 284 g/mol. The zero-order valence-corrected chi connectivity index (χ0v) is 11.6. The van der Waals surface area contributed by atoms with Gasteiger partial charge in [-0.1, -0.05) is 0 Å². The van der Waals surface area contributed by atoms with Gasteiger partial charge < -0.3 is 20.2 Å². The summed E-state index contributed by atoms with van der Waals surface area (Å²) in [7, 11) is 2.97. The molecule has 1 aromatic carbocycles. The topological polar surface area (TPSA) is 77.3 Å². The van der Waals surface area contributed by atoms with Crippen LogP contribution in [0.3, 0.4) is 0 Å². The Morgan fingerprint density at radius 1 is 1.42 bits per heavy atom. The third-order valence-electron chi connectivity index (χ3n) is 3.02. The normalized spacial score (nSPS) is 11.7. The molecule has 1 unspecified atom stereocenters. The maximum absolute atomic E-state index is 11.7. The van der Waals surface area contributed by atoms with Crippen LogP contribution in [-0.2, 0) is 9.53 Å². The lowest BCUT2D eigenvalue weighted by Gasteiger charge is -2.11. The quantitative estimate of drug-likeness (QED) is 0.840. The Bertz CT molecular complexity index is 568. The molecule has 0 saturated carbocycles. The van der Waals surface area contributed by atoms with Gasteiger partial charge in [0.25, 0.3) is 0 Å². The van der Waals surface area contributed by atoms with E-state index in [-0.39, 0.29) is 24.9 Å². The summed E-state index contributed by atoms with van der Waals surface area (Å²) in [4.78, 5) is 14.8. The molecule has 0 aliphatic heterocycles. The molecule has 0 bridgehead atoms. The molecule has 19 heavy (non-hydrogen) atoms. The lowest BCUT2D eigenvalue weighted by atomic mass is 9.99. The zero-order valence-electron chi connectivity index (χ0n) is 10.8. The number of methoxy groups -OCH3 is 2. The third kappa shape index (κ3) is 2.83. The minimum Gasteiger partial charge on any atom is -0.497 e. The fourth-order valence-electron chi connectivity index (χ4n) is 2.03. The first-order chi connectivity index (χ1) is 8.71. The highest BCUT2D eigenvalue weighted by atomic mass is 35.5. The Morgan fingerprint density at radius 3 is 2.74 bits per heavy atom. The highest BCUT2D eigenvalue weighted by molar-refractivity contribution is 5.90. The Kier molecular flexibility index (Phi) is 5.20. The van der Waals surface area contributed by atoms with E-state index < -0.39 is 5.92 Å². The van der Waals surface area contributed by atoms with Crippen molar-refractivity contribution in [2.24, 2.45) is 5.73 Å².